The van der Waals surface area contributed by atoms with Crippen molar-refractivity contribution in [2.24, 2.45) is 0 Å². The fourth-order valence-electron chi connectivity index (χ4n) is 4.34. The number of halogens is 1. The Balaban J connectivity index is 1.38. The zero-order chi connectivity index (χ0) is 28.2. The number of thiol groups is 2. The summed E-state index contributed by atoms with van der Waals surface area (Å²) in [6.07, 6.45) is -1.84. The number of hydrogen-bond acceptors (Lipinski definition) is 14. The molecule has 1 saturated heterocycles. The van der Waals surface area contributed by atoms with Gasteiger partial charge in [-0.3, -0.25) is 23.4 Å². The molecule has 2 bridgehead atoms. The Kier molecular flexibility index (Phi) is 7.52. The van der Waals surface area contributed by atoms with Crippen molar-refractivity contribution in [3.8, 4) is 0 Å². The van der Waals surface area contributed by atoms with E-state index >= 15 is 4.39 Å². The topological polar surface area (TPSA) is 196 Å². The van der Waals surface area contributed by atoms with Gasteiger partial charge in [-0.2, -0.15) is 4.98 Å². The summed E-state index contributed by atoms with van der Waals surface area (Å²) in [5, 5.41) is 0. The standard InChI is InChI=1S/C18H20FN9O7P2S3/c19-11-9-4-32-36(30,38)31-2-1-27-10(24-8-3-21-6-22-14(8)27)5-33-37(39,40)35-13(11)17(34-9)28-7-23-12-15(28)25-18(20)26-16(12)29/h3,6-7,9,11,13,17H,1-2,4-5H2,(H,30,38)(H,39,40)(H3,20,25,26,29)/t9?,11-,13-,17-,36?/m1/s1. The summed E-state index contributed by atoms with van der Waals surface area (Å²) in [4.78, 5) is 35.5. The minimum Gasteiger partial charge on any atom is -0.369 e. The fraction of sp³-hybridized carbons (Fsp3) is 0.444. The molecule has 40 heavy (non-hydrogen) atoms. The first-order valence-corrected chi connectivity index (χ1v) is 17.9. The number of aromatic nitrogens is 8. The van der Waals surface area contributed by atoms with Gasteiger partial charge in [-0.05, 0) is 11.8 Å². The average molecular weight is 652 g/mol. The number of anilines is 1. The molecule has 0 aliphatic carbocycles. The van der Waals surface area contributed by atoms with Crippen LogP contribution in [0.3, 0.4) is 0 Å². The van der Waals surface area contributed by atoms with E-state index in [1.54, 1.807) is 4.57 Å². The number of aromatic amines is 1. The van der Waals surface area contributed by atoms with Gasteiger partial charge in [0.25, 0.3) is 5.56 Å². The predicted octanol–water partition coefficient (Wildman–Crippen LogP) is 1.92. The Morgan fingerprint density at radius 3 is 2.85 bits per heavy atom. The number of ether oxygens (including phenoxy) is 1. The number of nitrogens with zero attached hydrogens (tertiary/aromatic N) is 7. The maximum atomic E-state index is 15.9. The van der Waals surface area contributed by atoms with Gasteiger partial charge in [0.2, 0.25) is 11.6 Å². The van der Waals surface area contributed by atoms with Crippen molar-refractivity contribution in [3.63, 3.8) is 0 Å². The van der Waals surface area contributed by atoms with Crippen LogP contribution in [-0.2, 0) is 52.4 Å². The zero-order valence-corrected chi connectivity index (χ0v) is 24.4. The maximum absolute atomic E-state index is 15.9. The van der Waals surface area contributed by atoms with Crippen molar-refractivity contribution >= 4 is 77.1 Å². The van der Waals surface area contributed by atoms with Crippen LogP contribution < -0.4 is 11.3 Å². The molecule has 6 rings (SSSR count). The SMILES string of the molecule is Nc1nc2c(ncn2[C@@H]2OC3COP(=O)(S)OCCn4c(nc5cncnc54)COP(=S)(S)O[C@@H]2[C@@H]3F)c(=O)[nH]1. The van der Waals surface area contributed by atoms with Crippen LogP contribution in [-0.4, -0.2) is 70.6 Å². The van der Waals surface area contributed by atoms with Crippen LogP contribution in [0.4, 0.5) is 10.3 Å². The number of hydrogen-bond donors (Lipinski definition) is 4. The third-order valence-corrected chi connectivity index (χ3v) is 9.91. The van der Waals surface area contributed by atoms with Gasteiger partial charge in [0.15, 0.2) is 29.2 Å². The first-order valence-electron chi connectivity index (χ1n) is 11.5. The highest BCUT2D eigenvalue weighted by Gasteiger charge is 2.50. The number of H-pyrrole nitrogens is 1. The first kappa shape index (κ1) is 28.1. The van der Waals surface area contributed by atoms with Crippen molar-refractivity contribution < 1.29 is 31.8 Å². The van der Waals surface area contributed by atoms with E-state index in [4.69, 9.17) is 40.4 Å². The lowest BCUT2D eigenvalue weighted by atomic mass is 10.1. The Morgan fingerprint density at radius 2 is 2.02 bits per heavy atom. The minimum absolute atomic E-state index is 0.00874. The van der Waals surface area contributed by atoms with Crippen molar-refractivity contribution in [1.29, 1.82) is 0 Å². The smallest absolute Gasteiger partial charge is 0.369 e. The van der Waals surface area contributed by atoms with Gasteiger partial charge in [-0.1, -0.05) is 24.5 Å². The van der Waals surface area contributed by atoms with E-state index in [1.807, 2.05) is 0 Å². The predicted molar refractivity (Wildman–Crippen MR) is 148 cm³/mol. The highest BCUT2D eigenvalue weighted by molar-refractivity contribution is 8.60. The molecule has 6 atom stereocenters. The number of nitrogens with two attached hydrogens (primary N) is 1. The fourth-order valence-corrected chi connectivity index (χ4v) is 7.33. The normalized spacial score (nSPS) is 32.1. The Morgan fingerprint density at radius 1 is 1.20 bits per heavy atom. The lowest BCUT2D eigenvalue weighted by Crippen LogP contribution is -2.31. The number of fused-ring (bicyclic) bond motifs is 6. The molecule has 214 valence electrons. The summed E-state index contributed by atoms with van der Waals surface area (Å²) < 4.78 is 60.1. The molecule has 0 aromatic carbocycles. The summed E-state index contributed by atoms with van der Waals surface area (Å²) in [5.74, 6) is 0.174. The summed E-state index contributed by atoms with van der Waals surface area (Å²) in [5.41, 5.74) is 2.51. The lowest BCUT2D eigenvalue weighted by molar-refractivity contribution is -0.0431. The molecule has 6 heterocycles. The monoisotopic (exact) mass is 651 g/mol. The molecule has 0 spiro atoms. The van der Waals surface area contributed by atoms with Crippen LogP contribution in [0.15, 0.2) is 23.6 Å². The highest BCUT2D eigenvalue weighted by atomic mass is 32.9. The van der Waals surface area contributed by atoms with E-state index in [9.17, 15) is 9.36 Å². The van der Waals surface area contributed by atoms with Crippen LogP contribution in [0.1, 0.15) is 12.1 Å². The second-order valence-corrected chi connectivity index (χ2v) is 16.8. The Labute approximate surface area is 239 Å². The van der Waals surface area contributed by atoms with Crippen LogP contribution >= 0.6 is 37.0 Å². The molecule has 0 amide bonds. The number of alkyl halides is 1. The van der Waals surface area contributed by atoms with Gasteiger partial charge >= 0.3 is 6.80 Å². The van der Waals surface area contributed by atoms with E-state index in [0.717, 1.165) is 0 Å². The molecule has 1 fully saturated rings. The van der Waals surface area contributed by atoms with E-state index in [1.165, 1.54) is 23.4 Å². The third kappa shape index (κ3) is 5.45. The van der Waals surface area contributed by atoms with Gasteiger partial charge in [0.1, 0.15) is 36.5 Å². The van der Waals surface area contributed by atoms with Gasteiger partial charge < -0.3 is 24.1 Å². The van der Waals surface area contributed by atoms with Crippen LogP contribution in [0.2, 0.25) is 0 Å². The van der Waals surface area contributed by atoms with Crippen molar-refractivity contribution in [2.45, 2.75) is 37.8 Å². The summed E-state index contributed by atoms with van der Waals surface area (Å²) in [6.45, 7) is -4.64. The average Bonchev–Trinajstić information content (AvgIpc) is 3.55. The second kappa shape index (κ2) is 10.7. The lowest BCUT2D eigenvalue weighted by Gasteiger charge is -2.26. The molecule has 3 unspecified atom stereocenters. The quantitative estimate of drug-likeness (QED) is 0.172. The van der Waals surface area contributed by atoms with Crippen molar-refractivity contribution in [2.75, 3.05) is 18.9 Å². The Bertz CT molecular complexity index is 1750. The molecule has 22 heteroatoms. The highest BCUT2D eigenvalue weighted by Crippen LogP contribution is 2.58. The van der Waals surface area contributed by atoms with Gasteiger partial charge in [-0.25, -0.2) is 28.9 Å². The van der Waals surface area contributed by atoms with E-state index in [-0.39, 0.29) is 36.9 Å². The summed E-state index contributed by atoms with van der Waals surface area (Å²) in [6, 6.07) is 0. The number of rotatable bonds is 1. The maximum Gasteiger partial charge on any atom is 0.386 e. The molecular formula is C18H20FN9O7P2S3. The Hall–Kier alpha value is -1.99. The number of imidazole rings is 2. The molecule has 0 saturated carbocycles. The second-order valence-electron chi connectivity index (χ2n) is 8.61. The first-order chi connectivity index (χ1) is 19.0. The molecule has 4 aromatic rings. The van der Waals surface area contributed by atoms with Gasteiger partial charge in [0, 0.05) is 6.54 Å². The van der Waals surface area contributed by atoms with E-state index in [2.05, 4.69) is 54.4 Å². The molecule has 2 aliphatic heterocycles. The summed E-state index contributed by atoms with van der Waals surface area (Å²) in [7, 11) is 0. The minimum atomic E-state index is -3.96. The van der Waals surface area contributed by atoms with Crippen molar-refractivity contribution in [3.05, 3.63) is 35.0 Å². The van der Waals surface area contributed by atoms with Crippen LogP contribution in [0.25, 0.3) is 22.3 Å². The number of nitrogens with one attached hydrogen (secondary N) is 1. The molecule has 3 N–H and O–H groups in total. The molecule has 4 aromatic heterocycles. The third-order valence-electron chi connectivity index (χ3n) is 6.06. The molecule has 16 nitrogen and oxygen atoms in total. The van der Waals surface area contributed by atoms with Crippen LogP contribution in [0.5, 0.6) is 0 Å². The van der Waals surface area contributed by atoms with Crippen LogP contribution in [0, 0.1) is 0 Å². The van der Waals surface area contributed by atoms with Gasteiger partial charge in [-0.15, -0.1) is 0 Å². The molecule has 2 aliphatic rings. The summed E-state index contributed by atoms with van der Waals surface area (Å²) >= 11 is 13.9. The largest absolute Gasteiger partial charge is 0.386 e. The van der Waals surface area contributed by atoms with E-state index < -0.39 is 49.3 Å². The van der Waals surface area contributed by atoms with Crippen molar-refractivity contribution in [1.82, 2.24) is 39.0 Å². The molecular weight excluding hydrogens is 631 g/mol. The zero-order valence-electron chi connectivity index (χ0n) is 20.0. The molecule has 0 radical (unpaired) electrons. The number of nitrogen functional groups attached to an aromatic ring is 1. The van der Waals surface area contributed by atoms with E-state index in [0.29, 0.717) is 17.0 Å². The van der Waals surface area contributed by atoms with Gasteiger partial charge in [0.05, 0.1) is 25.7 Å².